The van der Waals surface area contributed by atoms with Crippen LogP contribution in [0.3, 0.4) is 0 Å². The zero-order valence-corrected chi connectivity index (χ0v) is 10.1. The molecule has 1 aliphatic heterocycles. The van der Waals surface area contributed by atoms with Gasteiger partial charge in [-0.2, -0.15) is 5.10 Å². The monoisotopic (exact) mass is 224 g/mol. The molecule has 1 aromatic rings. The van der Waals surface area contributed by atoms with Gasteiger partial charge in [-0.1, -0.05) is 0 Å². The standard InChI is InChI=1S/C11H20N4O/c1-12-6-3-10-13-11(15(2)14-10)9-4-7-16-8-5-9/h9,12H,3-8H2,1-2H3. The van der Waals surface area contributed by atoms with Gasteiger partial charge in [-0.25, -0.2) is 4.98 Å². The van der Waals surface area contributed by atoms with Crippen molar-refractivity contribution in [3.8, 4) is 0 Å². The summed E-state index contributed by atoms with van der Waals surface area (Å²) in [5.41, 5.74) is 0. The summed E-state index contributed by atoms with van der Waals surface area (Å²) >= 11 is 0. The number of nitrogens with zero attached hydrogens (tertiary/aromatic N) is 3. The first-order valence-electron chi connectivity index (χ1n) is 5.93. The maximum atomic E-state index is 5.37. The maximum Gasteiger partial charge on any atom is 0.152 e. The van der Waals surface area contributed by atoms with Crippen molar-refractivity contribution in [1.29, 1.82) is 0 Å². The van der Waals surface area contributed by atoms with Gasteiger partial charge in [0.1, 0.15) is 5.82 Å². The normalized spacial score (nSPS) is 17.9. The minimum atomic E-state index is 0.523. The van der Waals surface area contributed by atoms with Crippen LogP contribution in [0.25, 0.3) is 0 Å². The predicted molar refractivity (Wildman–Crippen MR) is 61.4 cm³/mol. The lowest BCUT2D eigenvalue weighted by atomic mass is 10.00. The highest BCUT2D eigenvalue weighted by atomic mass is 16.5. The van der Waals surface area contributed by atoms with E-state index in [4.69, 9.17) is 4.74 Å². The summed E-state index contributed by atoms with van der Waals surface area (Å²) in [4.78, 5) is 4.63. The minimum absolute atomic E-state index is 0.523. The largest absolute Gasteiger partial charge is 0.381 e. The van der Waals surface area contributed by atoms with Crippen molar-refractivity contribution in [2.75, 3.05) is 26.8 Å². The Hall–Kier alpha value is -0.940. The Morgan fingerprint density at radius 1 is 1.44 bits per heavy atom. The summed E-state index contributed by atoms with van der Waals surface area (Å²) in [7, 11) is 3.93. The molecular weight excluding hydrogens is 204 g/mol. The van der Waals surface area contributed by atoms with Crippen molar-refractivity contribution in [3.05, 3.63) is 11.6 Å². The summed E-state index contributed by atoms with van der Waals surface area (Å²) in [5.74, 6) is 2.59. The lowest BCUT2D eigenvalue weighted by Gasteiger charge is -2.20. The number of ether oxygens (including phenoxy) is 1. The zero-order chi connectivity index (χ0) is 11.4. The van der Waals surface area contributed by atoms with Gasteiger partial charge in [0.2, 0.25) is 0 Å². The summed E-state index contributed by atoms with van der Waals surface area (Å²) in [6, 6.07) is 0. The van der Waals surface area contributed by atoms with Crippen molar-refractivity contribution in [3.63, 3.8) is 0 Å². The Balaban J connectivity index is 2.04. The Morgan fingerprint density at radius 3 is 2.88 bits per heavy atom. The molecule has 1 fully saturated rings. The van der Waals surface area contributed by atoms with Gasteiger partial charge in [-0.05, 0) is 19.9 Å². The van der Waals surface area contributed by atoms with Crippen molar-refractivity contribution >= 4 is 0 Å². The molecule has 0 bridgehead atoms. The first-order valence-corrected chi connectivity index (χ1v) is 5.93. The van der Waals surface area contributed by atoms with Gasteiger partial charge in [0.15, 0.2) is 5.82 Å². The summed E-state index contributed by atoms with van der Waals surface area (Å²) in [6.45, 7) is 2.63. The lowest BCUT2D eigenvalue weighted by Crippen LogP contribution is -2.17. The van der Waals surface area contributed by atoms with Crippen molar-refractivity contribution in [2.24, 2.45) is 7.05 Å². The lowest BCUT2D eigenvalue weighted by molar-refractivity contribution is 0.0828. The predicted octanol–water partition coefficient (Wildman–Crippen LogP) is 0.471. The fourth-order valence-electron chi connectivity index (χ4n) is 2.11. The topological polar surface area (TPSA) is 52.0 Å². The number of hydrogen-bond acceptors (Lipinski definition) is 4. The number of aryl methyl sites for hydroxylation is 1. The van der Waals surface area contributed by atoms with Gasteiger partial charge in [0, 0.05) is 39.1 Å². The van der Waals surface area contributed by atoms with Crippen molar-refractivity contribution < 1.29 is 4.74 Å². The fraction of sp³-hybridized carbons (Fsp3) is 0.818. The molecule has 16 heavy (non-hydrogen) atoms. The van der Waals surface area contributed by atoms with Crippen LogP contribution in [0.1, 0.15) is 30.4 Å². The van der Waals surface area contributed by atoms with E-state index in [0.29, 0.717) is 5.92 Å². The van der Waals surface area contributed by atoms with Crippen LogP contribution in [-0.4, -0.2) is 41.6 Å². The van der Waals surface area contributed by atoms with E-state index >= 15 is 0 Å². The average Bonchev–Trinajstić information content (AvgIpc) is 2.69. The Kier molecular flexibility index (Phi) is 3.90. The van der Waals surface area contributed by atoms with E-state index in [-0.39, 0.29) is 0 Å². The highest BCUT2D eigenvalue weighted by Gasteiger charge is 2.21. The molecule has 2 heterocycles. The van der Waals surface area contributed by atoms with E-state index in [1.54, 1.807) is 0 Å². The van der Waals surface area contributed by atoms with E-state index in [9.17, 15) is 0 Å². The first-order chi connectivity index (χ1) is 7.81. The second-order valence-corrected chi connectivity index (χ2v) is 4.25. The molecule has 5 nitrogen and oxygen atoms in total. The van der Waals surface area contributed by atoms with E-state index < -0.39 is 0 Å². The third kappa shape index (κ3) is 2.59. The molecule has 1 saturated heterocycles. The van der Waals surface area contributed by atoms with Gasteiger partial charge < -0.3 is 10.1 Å². The molecule has 0 radical (unpaired) electrons. The first kappa shape index (κ1) is 11.5. The molecule has 1 aliphatic rings. The SMILES string of the molecule is CNCCc1nc(C2CCOCC2)n(C)n1. The average molecular weight is 224 g/mol. The molecular formula is C11H20N4O. The minimum Gasteiger partial charge on any atom is -0.381 e. The highest BCUT2D eigenvalue weighted by Crippen LogP contribution is 2.24. The Labute approximate surface area is 96.2 Å². The van der Waals surface area contributed by atoms with Crippen molar-refractivity contribution in [1.82, 2.24) is 20.1 Å². The zero-order valence-electron chi connectivity index (χ0n) is 10.1. The Bertz CT molecular complexity index is 331. The van der Waals surface area contributed by atoms with Gasteiger partial charge in [-0.15, -0.1) is 0 Å². The van der Waals surface area contributed by atoms with Gasteiger partial charge >= 0.3 is 0 Å². The molecule has 0 spiro atoms. The van der Waals surface area contributed by atoms with E-state index in [1.807, 2.05) is 18.8 Å². The fourth-order valence-corrected chi connectivity index (χ4v) is 2.11. The molecule has 1 aromatic heterocycles. The molecule has 0 amide bonds. The van der Waals surface area contributed by atoms with Crippen LogP contribution >= 0.6 is 0 Å². The van der Waals surface area contributed by atoms with Crippen LogP contribution < -0.4 is 5.32 Å². The van der Waals surface area contributed by atoms with Crippen LogP contribution in [0.2, 0.25) is 0 Å². The smallest absolute Gasteiger partial charge is 0.152 e. The molecule has 90 valence electrons. The van der Waals surface area contributed by atoms with Crippen LogP contribution in [0.15, 0.2) is 0 Å². The third-order valence-electron chi connectivity index (χ3n) is 3.03. The van der Waals surface area contributed by atoms with E-state index in [0.717, 1.165) is 50.7 Å². The molecule has 5 heteroatoms. The van der Waals surface area contributed by atoms with Crippen LogP contribution in [0.4, 0.5) is 0 Å². The second kappa shape index (κ2) is 5.41. The van der Waals surface area contributed by atoms with Crippen LogP contribution in [-0.2, 0) is 18.2 Å². The van der Waals surface area contributed by atoms with Crippen molar-refractivity contribution in [2.45, 2.75) is 25.2 Å². The van der Waals surface area contributed by atoms with Crippen LogP contribution in [0.5, 0.6) is 0 Å². The number of aromatic nitrogens is 3. The van der Waals surface area contributed by atoms with Crippen LogP contribution in [0, 0.1) is 0 Å². The van der Waals surface area contributed by atoms with Gasteiger partial charge in [0.25, 0.3) is 0 Å². The van der Waals surface area contributed by atoms with Gasteiger partial charge in [-0.3, -0.25) is 4.68 Å². The number of rotatable bonds is 4. The molecule has 0 atom stereocenters. The van der Waals surface area contributed by atoms with E-state index in [2.05, 4.69) is 15.4 Å². The molecule has 0 unspecified atom stereocenters. The Morgan fingerprint density at radius 2 is 2.19 bits per heavy atom. The molecule has 0 aromatic carbocycles. The second-order valence-electron chi connectivity index (χ2n) is 4.25. The summed E-state index contributed by atoms with van der Waals surface area (Å²) in [5, 5.41) is 7.56. The molecule has 0 aliphatic carbocycles. The maximum absolute atomic E-state index is 5.37. The molecule has 0 saturated carbocycles. The highest BCUT2D eigenvalue weighted by molar-refractivity contribution is 5.01. The number of likely N-dealkylation sites (N-methyl/N-ethyl adjacent to an activating group) is 1. The summed E-state index contributed by atoms with van der Waals surface area (Å²) in [6.07, 6.45) is 3.03. The van der Waals surface area contributed by atoms with E-state index in [1.165, 1.54) is 0 Å². The number of hydrogen-bond donors (Lipinski definition) is 1. The summed E-state index contributed by atoms with van der Waals surface area (Å²) < 4.78 is 7.30. The quantitative estimate of drug-likeness (QED) is 0.808. The molecule has 2 rings (SSSR count). The number of nitrogens with one attached hydrogen (secondary N) is 1. The molecule has 1 N–H and O–H groups in total. The third-order valence-corrected chi connectivity index (χ3v) is 3.03. The van der Waals surface area contributed by atoms with Gasteiger partial charge in [0.05, 0.1) is 0 Å².